The number of benzene rings is 1. The number of carboxylic acid groups (broad SMARTS) is 1. The van der Waals surface area contributed by atoms with Crippen LogP contribution in [0.25, 0.3) is 0 Å². The summed E-state index contributed by atoms with van der Waals surface area (Å²) in [6.07, 6.45) is 4.02. The second kappa shape index (κ2) is 6.15. The first-order valence-corrected chi connectivity index (χ1v) is 8.69. The molecular weight excluding hydrogens is 290 g/mol. The summed E-state index contributed by atoms with van der Waals surface area (Å²) in [5.74, 6) is -1.08. The fourth-order valence-electron chi connectivity index (χ4n) is 2.86. The molecule has 0 atom stereocenters. The average Bonchev–Trinajstić information content (AvgIpc) is 2.65. The minimum Gasteiger partial charge on any atom is -0.480 e. The molecule has 0 unspecified atom stereocenters. The molecule has 1 saturated carbocycles. The Morgan fingerprint density at radius 2 is 1.71 bits per heavy atom. The summed E-state index contributed by atoms with van der Waals surface area (Å²) in [5, 5.41) is 9.57. The maximum atomic E-state index is 12.6. The zero-order chi connectivity index (χ0) is 15.5. The van der Waals surface area contributed by atoms with Crippen molar-refractivity contribution in [3.63, 3.8) is 0 Å². The second-order valence-corrected chi connectivity index (χ2v) is 7.32. The zero-order valence-corrected chi connectivity index (χ0v) is 12.9. The van der Waals surface area contributed by atoms with Gasteiger partial charge in [0.1, 0.15) is 5.54 Å². The van der Waals surface area contributed by atoms with E-state index < -0.39 is 21.5 Å². The Balaban J connectivity index is 2.36. The SMILES string of the molecule is Cc1ccccc1S(=O)(=O)NC1(C(=O)O)CCCCCC1. The molecule has 1 fully saturated rings. The van der Waals surface area contributed by atoms with Crippen LogP contribution in [0.5, 0.6) is 0 Å². The average molecular weight is 311 g/mol. The molecule has 0 aliphatic heterocycles. The lowest BCUT2D eigenvalue weighted by atomic mass is 9.92. The van der Waals surface area contributed by atoms with E-state index in [4.69, 9.17) is 0 Å². The van der Waals surface area contributed by atoms with Gasteiger partial charge < -0.3 is 5.11 Å². The molecule has 1 aliphatic carbocycles. The van der Waals surface area contributed by atoms with Gasteiger partial charge in [0.2, 0.25) is 10.0 Å². The summed E-state index contributed by atoms with van der Waals surface area (Å²) in [5.41, 5.74) is -0.767. The van der Waals surface area contributed by atoms with Crippen LogP contribution in [0.4, 0.5) is 0 Å². The van der Waals surface area contributed by atoms with Crippen molar-refractivity contribution in [3.05, 3.63) is 29.8 Å². The number of carboxylic acids is 1. The third-order valence-corrected chi connectivity index (χ3v) is 5.78. The number of aliphatic carboxylic acids is 1. The molecule has 0 spiro atoms. The van der Waals surface area contributed by atoms with Crippen LogP contribution in [0, 0.1) is 6.92 Å². The number of carbonyl (C=O) groups is 1. The van der Waals surface area contributed by atoms with Gasteiger partial charge in [0.05, 0.1) is 4.90 Å². The maximum absolute atomic E-state index is 12.6. The molecule has 0 saturated heterocycles. The molecule has 2 rings (SSSR count). The normalized spacial score (nSPS) is 18.9. The van der Waals surface area contributed by atoms with E-state index in [-0.39, 0.29) is 4.90 Å². The van der Waals surface area contributed by atoms with E-state index in [1.807, 2.05) is 0 Å². The predicted octanol–water partition coefficient (Wildman–Crippen LogP) is 2.45. The highest BCUT2D eigenvalue weighted by Gasteiger charge is 2.42. The first-order chi connectivity index (χ1) is 9.87. The maximum Gasteiger partial charge on any atom is 0.324 e. The predicted molar refractivity (Wildman–Crippen MR) is 79.6 cm³/mol. The van der Waals surface area contributed by atoms with Crippen molar-refractivity contribution in [2.45, 2.75) is 55.9 Å². The lowest BCUT2D eigenvalue weighted by Crippen LogP contribution is -2.54. The van der Waals surface area contributed by atoms with Crippen LogP contribution in [0.3, 0.4) is 0 Å². The Morgan fingerprint density at radius 1 is 1.14 bits per heavy atom. The molecule has 5 nitrogen and oxygen atoms in total. The van der Waals surface area contributed by atoms with Gasteiger partial charge in [-0.05, 0) is 31.4 Å². The number of rotatable bonds is 4. The van der Waals surface area contributed by atoms with Crippen LogP contribution in [0.15, 0.2) is 29.2 Å². The fourth-order valence-corrected chi connectivity index (χ4v) is 4.53. The smallest absolute Gasteiger partial charge is 0.324 e. The summed E-state index contributed by atoms with van der Waals surface area (Å²) in [6, 6.07) is 6.61. The number of hydrogen-bond donors (Lipinski definition) is 2. The van der Waals surface area contributed by atoms with Crippen LogP contribution in [0.1, 0.15) is 44.1 Å². The molecule has 0 bridgehead atoms. The van der Waals surface area contributed by atoms with Gasteiger partial charge in [-0.1, -0.05) is 43.9 Å². The van der Waals surface area contributed by atoms with E-state index in [0.29, 0.717) is 18.4 Å². The van der Waals surface area contributed by atoms with Crippen molar-refractivity contribution in [1.82, 2.24) is 4.72 Å². The van der Waals surface area contributed by atoms with E-state index in [1.54, 1.807) is 25.1 Å². The van der Waals surface area contributed by atoms with E-state index in [0.717, 1.165) is 25.7 Å². The highest BCUT2D eigenvalue weighted by Crippen LogP contribution is 2.29. The molecule has 0 aromatic heterocycles. The molecule has 6 heteroatoms. The van der Waals surface area contributed by atoms with Gasteiger partial charge in [0, 0.05) is 0 Å². The van der Waals surface area contributed by atoms with Gasteiger partial charge in [-0.3, -0.25) is 4.79 Å². The van der Waals surface area contributed by atoms with Crippen molar-refractivity contribution in [3.8, 4) is 0 Å². The molecule has 21 heavy (non-hydrogen) atoms. The molecule has 1 aromatic rings. The first-order valence-electron chi connectivity index (χ1n) is 7.20. The number of sulfonamides is 1. The van der Waals surface area contributed by atoms with E-state index >= 15 is 0 Å². The van der Waals surface area contributed by atoms with E-state index in [9.17, 15) is 18.3 Å². The number of aryl methyl sites for hydroxylation is 1. The second-order valence-electron chi connectivity index (χ2n) is 5.67. The number of nitrogens with one attached hydrogen (secondary N) is 1. The minimum absolute atomic E-state index is 0.148. The Kier molecular flexibility index (Phi) is 4.68. The molecule has 0 heterocycles. The number of hydrogen-bond acceptors (Lipinski definition) is 3. The standard InChI is InChI=1S/C15H21NO4S/c1-12-8-4-5-9-13(12)21(19,20)16-15(14(17)18)10-6-2-3-7-11-15/h4-5,8-9,16H,2-3,6-7,10-11H2,1H3,(H,17,18). The van der Waals surface area contributed by atoms with Crippen molar-refractivity contribution < 1.29 is 18.3 Å². The van der Waals surface area contributed by atoms with Gasteiger partial charge in [-0.25, -0.2) is 8.42 Å². The van der Waals surface area contributed by atoms with Crippen LogP contribution in [0.2, 0.25) is 0 Å². The lowest BCUT2D eigenvalue weighted by Gasteiger charge is -2.29. The Morgan fingerprint density at radius 3 is 2.24 bits per heavy atom. The Hall–Kier alpha value is -1.40. The lowest BCUT2D eigenvalue weighted by molar-refractivity contribution is -0.144. The van der Waals surface area contributed by atoms with Crippen molar-refractivity contribution in [2.75, 3.05) is 0 Å². The molecule has 0 amide bonds. The van der Waals surface area contributed by atoms with Crippen LogP contribution >= 0.6 is 0 Å². The van der Waals surface area contributed by atoms with Gasteiger partial charge in [-0.15, -0.1) is 0 Å². The van der Waals surface area contributed by atoms with Crippen LogP contribution in [-0.4, -0.2) is 25.0 Å². The molecule has 0 radical (unpaired) electrons. The third-order valence-electron chi connectivity index (χ3n) is 4.08. The van der Waals surface area contributed by atoms with Gasteiger partial charge in [-0.2, -0.15) is 4.72 Å². The first kappa shape index (κ1) is 16.0. The summed E-state index contributed by atoms with van der Waals surface area (Å²) in [7, 11) is -3.84. The summed E-state index contributed by atoms with van der Waals surface area (Å²) < 4.78 is 27.6. The molecule has 1 aromatic carbocycles. The van der Waals surface area contributed by atoms with Crippen LogP contribution < -0.4 is 4.72 Å². The Labute approximate surface area is 125 Å². The van der Waals surface area contributed by atoms with Crippen molar-refractivity contribution in [2.24, 2.45) is 0 Å². The van der Waals surface area contributed by atoms with Gasteiger partial charge in [0.25, 0.3) is 0 Å². The summed E-state index contributed by atoms with van der Waals surface area (Å²) >= 11 is 0. The summed E-state index contributed by atoms with van der Waals surface area (Å²) in [4.78, 5) is 11.8. The Bertz CT molecular complexity index is 616. The van der Waals surface area contributed by atoms with Crippen LogP contribution in [-0.2, 0) is 14.8 Å². The van der Waals surface area contributed by atoms with Gasteiger partial charge >= 0.3 is 5.97 Å². The largest absolute Gasteiger partial charge is 0.480 e. The molecule has 116 valence electrons. The van der Waals surface area contributed by atoms with E-state index in [2.05, 4.69) is 4.72 Å². The van der Waals surface area contributed by atoms with E-state index in [1.165, 1.54) is 6.07 Å². The zero-order valence-electron chi connectivity index (χ0n) is 12.1. The van der Waals surface area contributed by atoms with Crippen molar-refractivity contribution in [1.29, 1.82) is 0 Å². The highest BCUT2D eigenvalue weighted by atomic mass is 32.2. The summed E-state index contributed by atoms with van der Waals surface area (Å²) in [6.45, 7) is 1.70. The topological polar surface area (TPSA) is 83.5 Å². The quantitative estimate of drug-likeness (QED) is 0.837. The monoisotopic (exact) mass is 311 g/mol. The van der Waals surface area contributed by atoms with Crippen molar-refractivity contribution >= 4 is 16.0 Å². The fraction of sp³-hybridized carbons (Fsp3) is 0.533. The molecule has 2 N–H and O–H groups in total. The highest BCUT2D eigenvalue weighted by molar-refractivity contribution is 7.89. The minimum atomic E-state index is -3.84. The molecule has 1 aliphatic rings. The third kappa shape index (κ3) is 3.44. The van der Waals surface area contributed by atoms with Gasteiger partial charge in [0.15, 0.2) is 0 Å². The molecular formula is C15H21NO4S.